The largest absolute Gasteiger partial charge is 0.392 e. The third kappa shape index (κ3) is 6.47. The van der Waals surface area contributed by atoms with Crippen LogP contribution in [-0.2, 0) is 30.4 Å². The fourth-order valence-electron chi connectivity index (χ4n) is 3.26. The molecule has 0 bridgehead atoms. The zero-order valence-corrected chi connectivity index (χ0v) is 16.3. The van der Waals surface area contributed by atoms with Crippen LogP contribution in [0.1, 0.15) is 22.3 Å². The van der Waals surface area contributed by atoms with Crippen LogP contribution in [0.15, 0.2) is 48.5 Å². The fraction of sp³-hybridized carbons (Fsp3) is 0.400. The quantitative estimate of drug-likeness (QED) is 0.723. The van der Waals surface area contributed by atoms with Crippen LogP contribution in [-0.4, -0.2) is 28.7 Å². The Morgan fingerprint density at radius 2 is 1.12 bits per heavy atom. The molecule has 0 unspecified atom stereocenters. The van der Waals surface area contributed by atoms with E-state index in [1.165, 1.54) is 22.3 Å². The first-order chi connectivity index (χ1) is 12.2. The molecular formula is C20H23Cl3O2. The molecule has 136 valence electrons. The van der Waals surface area contributed by atoms with E-state index >= 15 is 0 Å². The Labute approximate surface area is 164 Å². The molecular weight excluding hydrogens is 379 g/mol. The van der Waals surface area contributed by atoms with Gasteiger partial charge in [0.05, 0.1) is 17.5 Å². The first kappa shape index (κ1) is 20.5. The Hall–Kier alpha value is -0.770. The van der Waals surface area contributed by atoms with Gasteiger partial charge in [0.2, 0.25) is 0 Å². The van der Waals surface area contributed by atoms with Gasteiger partial charge in [-0.1, -0.05) is 60.1 Å². The monoisotopic (exact) mass is 400 g/mol. The van der Waals surface area contributed by atoms with Crippen molar-refractivity contribution < 1.29 is 9.84 Å². The molecule has 4 rings (SSSR count). The SMILES string of the molecule is ClCCl.ClCOC1Cc2ccccc2C1.OC1Cc2ccccc2C1. The minimum absolute atomic E-state index is 0.127. The lowest BCUT2D eigenvalue weighted by molar-refractivity contribution is 0.0960. The molecule has 0 fully saturated rings. The summed E-state index contributed by atoms with van der Waals surface area (Å²) >= 11 is 15.0. The van der Waals surface area contributed by atoms with E-state index in [-0.39, 0.29) is 11.4 Å². The first-order valence-electron chi connectivity index (χ1n) is 8.29. The topological polar surface area (TPSA) is 29.5 Å². The number of hydrogen-bond donors (Lipinski definition) is 1. The van der Waals surface area contributed by atoms with Gasteiger partial charge in [-0.25, -0.2) is 0 Å². The van der Waals surface area contributed by atoms with Crippen LogP contribution in [0.25, 0.3) is 0 Å². The number of aliphatic hydroxyl groups is 1. The second-order valence-corrected chi connectivity index (χ2v) is 7.03. The summed E-state index contributed by atoms with van der Waals surface area (Å²) in [6, 6.07) is 17.0. The Kier molecular flexibility index (Phi) is 9.08. The Bertz CT molecular complexity index is 598. The average Bonchev–Trinajstić information content (AvgIpc) is 3.17. The number of ether oxygens (including phenoxy) is 1. The predicted octanol–water partition coefficient (Wildman–Crippen LogP) is 4.93. The minimum Gasteiger partial charge on any atom is -0.392 e. The lowest BCUT2D eigenvalue weighted by Gasteiger charge is -2.06. The van der Waals surface area contributed by atoms with Gasteiger partial charge in [-0.2, -0.15) is 0 Å². The molecule has 0 amide bonds. The van der Waals surface area contributed by atoms with Gasteiger partial charge >= 0.3 is 0 Å². The predicted molar refractivity (Wildman–Crippen MR) is 106 cm³/mol. The summed E-state index contributed by atoms with van der Waals surface area (Å²) in [7, 11) is 0. The van der Waals surface area contributed by atoms with E-state index in [2.05, 4.69) is 36.4 Å². The van der Waals surface area contributed by atoms with Crippen molar-refractivity contribution in [3.8, 4) is 0 Å². The van der Waals surface area contributed by atoms with Crippen molar-refractivity contribution in [2.24, 2.45) is 0 Å². The number of fused-ring (bicyclic) bond motifs is 2. The summed E-state index contributed by atoms with van der Waals surface area (Å²) < 4.78 is 5.35. The van der Waals surface area contributed by atoms with Gasteiger partial charge in [0, 0.05) is 0 Å². The summed E-state index contributed by atoms with van der Waals surface area (Å²) in [5.41, 5.74) is 5.45. The zero-order valence-electron chi connectivity index (χ0n) is 14.0. The van der Waals surface area contributed by atoms with Crippen LogP contribution in [0, 0.1) is 0 Å². The van der Waals surface area contributed by atoms with Gasteiger partial charge in [0.15, 0.2) is 0 Å². The van der Waals surface area contributed by atoms with E-state index in [0.717, 1.165) is 25.7 Å². The third-order valence-electron chi connectivity index (χ3n) is 4.34. The standard InChI is InChI=1S/C10H11ClO.C9H10O.CH2Cl2/c11-7-12-10-5-8-3-1-2-4-9(8)6-10;10-9-5-7-3-1-2-4-8(7)6-9;2-1-3/h1-4,10H,5-7H2;1-4,9-10H,5-6H2;1H2. The maximum atomic E-state index is 9.25. The third-order valence-corrected chi connectivity index (χ3v) is 4.47. The number of rotatable bonds is 2. The van der Waals surface area contributed by atoms with E-state index in [1.54, 1.807) is 0 Å². The van der Waals surface area contributed by atoms with E-state index in [9.17, 15) is 5.11 Å². The van der Waals surface area contributed by atoms with Crippen molar-refractivity contribution in [1.82, 2.24) is 0 Å². The fourth-order valence-corrected chi connectivity index (χ4v) is 3.44. The molecule has 0 atom stereocenters. The van der Waals surface area contributed by atoms with E-state index in [4.69, 9.17) is 39.5 Å². The molecule has 2 aliphatic carbocycles. The molecule has 0 aromatic heterocycles. The first-order valence-corrected chi connectivity index (χ1v) is 9.89. The second-order valence-electron chi connectivity index (χ2n) is 6.01. The highest BCUT2D eigenvalue weighted by Gasteiger charge is 2.20. The maximum absolute atomic E-state index is 9.25. The normalized spacial score (nSPS) is 15.5. The van der Waals surface area contributed by atoms with E-state index in [0.29, 0.717) is 12.2 Å². The highest BCUT2D eigenvalue weighted by molar-refractivity contribution is 6.40. The van der Waals surface area contributed by atoms with Crippen LogP contribution < -0.4 is 0 Å². The Balaban J connectivity index is 0.000000158. The van der Waals surface area contributed by atoms with Crippen LogP contribution in [0.4, 0.5) is 0 Å². The van der Waals surface area contributed by atoms with Gasteiger partial charge < -0.3 is 9.84 Å². The van der Waals surface area contributed by atoms with Crippen LogP contribution in [0.3, 0.4) is 0 Å². The van der Waals surface area contributed by atoms with Crippen molar-refractivity contribution >= 4 is 34.8 Å². The number of hydrogen-bond acceptors (Lipinski definition) is 2. The van der Waals surface area contributed by atoms with Crippen LogP contribution in [0.5, 0.6) is 0 Å². The molecule has 2 aromatic rings. The number of benzene rings is 2. The highest BCUT2D eigenvalue weighted by atomic mass is 35.5. The molecule has 0 heterocycles. The van der Waals surface area contributed by atoms with Gasteiger partial charge in [-0.15, -0.1) is 23.2 Å². The molecule has 2 nitrogen and oxygen atoms in total. The molecule has 1 N–H and O–H groups in total. The second kappa shape index (κ2) is 11.1. The molecule has 2 aliphatic rings. The number of alkyl halides is 3. The summed E-state index contributed by atoms with van der Waals surface area (Å²) in [5.74, 6) is 0. The number of aliphatic hydroxyl groups excluding tert-OH is 1. The maximum Gasteiger partial charge on any atom is 0.121 e. The van der Waals surface area contributed by atoms with E-state index in [1.807, 2.05) is 12.1 Å². The molecule has 0 saturated heterocycles. The van der Waals surface area contributed by atoms with Crippen LogP contribution >= 0.6 is 34.8 Å². The molecule has 25 heavy (non-hydrogen) atoms. The van der Waals surface area contributed by atoms with Gasteiger partial charge in [0.25, 0.3) is 0 Å². The van der Waals surface area contributed by atoms with Gasteiger partial charge in [0.1, 0.15) is 6.07 Å². The Morgan fingerprint density at radius 3 is 1.48 bits per heavy atom. The number of halogens is 3. The highest BCUT2D eigenvalue weighted by Crippen LogP contribution is 2.23. The molecule has 5 heteroatoms. The van der Waals surface area contributed by atoms with Crippen molar-refractivity contribution in [3.05, 3.63) is 70.8 Å². The summed E-state index contributed by atoms with van der Waals surface area (Å²) in [5, 5.41) is 9.44. The summed E-state index contributed by atoms with van der Waals surface area (Å²) in [4.78, 5) is 0. The molecule has 0 saturated carbocycles. The van der Waals surface area contributed by atoms with E-state index < -0.39 is 0 Å². The smallest absolute Gasteiger partial charge is 0.121 e. The lowest BCUT2D eigenvalue weighted by Crippen LogP contribution is -2.11. The van der Waals surface area contributed by atoms with Crippen molar-refractivity contribution in [2.45, 2.75) is 37.9 Å². The molecule has 0 aliphatic heterocycles. The van der Waals surface area contributed by atoms with Crippen molar-refractivity contribution in [1.29, 1.82) is 0 Å². The Morgan fingerprint density at radius 1 is 0.760 bits per heavy atom. The van der Waals surface area contributed by atoms with Gasteiger partial charge in [-0.3, -0.25) is 0 Å². The molecule has 2 aromatic carbocycles. The van der Waals surface area contributed by atoms with Crippen LogP contribution in [0.2, 0.25) is 0 Å². The van der Waals surface area contributed by atoms with Gasteiger partial charge in [-0.05, 0) is 47.9 Å². The van der Waals surface area contributed by atoms with Crippen molar-refractivity contribution in [2.75, 3.05) is 11.4 Å². The molecule has 0 radical (unpaired) electrons. The molecule has 0 spiro atoms. The minimum atomic E-state index is -0.127. The van der Waals surface area contributed by atoms with Crippen molar-refractivity contribution in [3.63, 3.8) is 0 Å². The lowest BCUT2D eigenvalue weighted by atomic mass is 10.1. The average molecular weight is 402 g/mol. The summed E-state index contributed by atoms with van der Waals surface area (Å²) in [6.07, 6.45) is 3.90. The summed E-state index contributed by atoms with van der Waals surface area (Å²) in [6.45, 7) is 0. The zero-order chi connectivity index (χ0) is 18.1.